The second kappa shape index (κ2) is 6.76. The number of benzene rings is 2. The standard InChI is InChI=1S/C17H12F4N4/c1-9-22-14(24-12-5-3-2-4-10(12)18)8-15(23-9)25-13-7-6-11(19)16(20)17(13)21/h2-8H,1H3,(H2,22,23,24,25). The van der Waals surface area contributed by atoms with Crippen molar-refractivity contribution in [1.29, 1.82) is 0 Å². The van der Waals surface area contributed by atoms with Crippen molar-refractivity contribution in [3.63, 3.8) is 0 Å². The lowest BCUT2D eigenvalue weighted by atomic mass is 10.2. The normalized spacial score (nSPS) is 10.6. The predicted molar refractivity (Wildman–Crippen MR) is 86.1 cm³/mol. The van der Waals surface area contributed by atoms with Gasteiger partial charge in [-0.3, -0.25) is 0 Å². The maximum atomic E-state index is 13.8. The van der Waals surface area contributed by atoms with Gasteiger partial charge in [-0.05, 0) is 31.2 Å². The van der Waals surface area contributed by atoms with Gasteiger partial charge < -0.3 is 10.6 Å². The molecule has 1 aromatic heterocycles. The molecule has 0 saturated carbocycles. The second-order valence-corrected chi connectivity index (χ2v) is 5.14. The Kier molecular flexibility index (Phi) is 4.51. The minimum atomic E-state index is -1.58. The fourth-order valence-electron chi connectivity index (χ4n) is 2.16. The van der Waals surface area contributed by atoms with Gasteiger partial charge in [0.25, 0.3) is 0 Å². The van der Waals surface area contributed by atoms with Crippen LogP contribution >= 0.6 is 0 Å². The van der Waals surface area contributed by atoms with E-state index in [4.69, 9.17) is 0 Å². The van der Waals surface area contributed by atoms with Crippen LogP contribution in [0.5, 0.6) is 0 Å². The van der Waals surface area contributed by atoms with E-state index >= 15 is 0 Å². The average Bonchev–Trinajstić information content (AvgIpc) is 2.57. The molecular formula is C17H12F4N4. The Balaban J connectivity index is 1.90. The highest BCUT2D eigenvalue weighted by molar-refractivity contribution is 5.63. The predicted octanol–water partition coefficient (Wildman–Crippen LogP) is 4.83. The van der Waals surface area contributed by atoms with Crippen molar-refractivity contribution >= 4 is 23.0 Å². The van der Waals surface area contributed by atoms with Crippen molar-refractivity contribution in [2.75, 3.05) is 10.6 Å². The Morgan fingerprint density at radius 1 is 0.720 bits per heavy atom. The van der Waals surface area contributed by atoms with E-state index in [0.717, 1.165) is 12.1 Å². The van der Waals surface area contributed by atoms with Gasteiger partial charge in [0.15, 0.2) is 17.5 Å². The zero-order valence-electron chi connectivity index (χ0n) is 12.9. The van der Waals surface area contributed by atoms with Crippen LogP contribution in [-0.2, 0) is 0 Å². The first-order chi connectivity index (χ1) is 11.9. The highest BCUT2D eigenvalue weighted by Crippen LogP contribution is 2.25. The van der Waals surface area contributed by atoms with Crippen LogP contribution in [0.25, 0.3) is 0 Å². The summed E-state index contributed by atoms with van der Waals surface area (Å²) in [5.74, 6) is -4.00. The van der Waals surface area contributed by atoms with E-state index in [2.05, 4.69) is 20.6 Å². The Morgan fingerprint density at radius 3 is 2.04 bits per heavy atom. The van der Waals surface area contributed by atoms with Crippen LogP contribution in [0.2, 0.25) is 0 Å². The molecule has 8 heteroatoms. The van der Waals surface area contributed by atoms with Crippen molar-refractivity contribution in [3.8, 4) is 0 Å². The maximum Gasteiger partial charge on any atom is 0.196 e. The van der Waals surface area contributed by atoms with E-state index in [1.165, 1.54) is 18.2 Å². The summed E-state index contributed by atoms with van der Waals surface area (Å²) in [6.07, 6.45) is 0. The van der Waals surface area contributed by atoms with Gasteiger partial charge in [0, 0.05) is 6.07 Å². The van der Waals surface area contributed by atoms with E-state index < -0.39 is 23.3 Å². The Labute approximate surface area is 140 Å². The van der Waals surface area contributed by atoms with Crippen LogP contribution in [0.15, 0.2) is 42.5 Å². The molecule has 0 aliphatic rings. The lowest BCUT2D eigenvalue weighted by Crippen LogP contribution is -2.04. The molecular weight excluding hydrogens is 336 g/mol. The number of para-hydroxylation sites is 1. The number of hydrogen-bond donors (Lipinski definition) is 2. The zero-order valence-corrected chi connectivity index (χ0v) is 12.9. The number of hydrogen-bond acceptors (Lipinski definition) is 4. The molecule has 0 radical (unpaired) electrons. The molecule has 4 nitrogen and oxygen atoms in total. The molecule has 128 valence electrons. The third-order valence-electron chi connectivity index (χ3n) is 3.27. The summed E-state index contributed by atoms with van der Waals surface area (Å²) in [5, 5.41) is 5.34. The minimum absolute atomic E-state index is 0.135. The number of nitrogens with one attached hydrogen (secondary N) is 2. The van der Waals surface area contributed by atoms with E-state index in [9.17, 15) is 17.6 Å². The summed E-state index contributed by atoms with van der Waals surface area (Å²) in [6.45, 7) is 1.58. The van der Waals surface area contributed by atoms with E-state index in [0.29, 0.717) is 5.82 Å². The van der Waals surface area contributed by atoms with Gasteiger partial charge in [0.2, 0.25) is 0 Å². The highest BCUT2D eigenvalue weighted by atomic mass is 19.2. The summed E-state index contributed by atoms with van der Waals surface area (Å²) >= 11 is 0. The highest BCUT2D eigenvalue weighted by Gasteiger charge is 2.14. The quantitative estimate of drug-likeness (QED) is 0.524. The lowest BCUT2D eigenvalue weighted by Gasteiger charge is -2.11. The fraction of sp³-hybridized carbons (Fsp3) is 0.0588. The monoisotopic (exact) mass is 348 g/mol. The van der Waals surface area contributed by atoms with Crippen molar-refractivity contribution in [2.24, 2.45) is 0 Å². The molecule has 0 atom stereocenters. The number of anilines is 4. The number of rotatable bonds is 4. The van der Waals surface area contributed by atoms with Crippen molar-refractivity contribution in [2.45, 2.75) is 6.92 Å². The van der Waals surface area contributed by atoms with Gasteiger partial charge in [-0.2, -0.15) is 0 Å². The number of halogens is 4. The summed E-state index contributed by atoms with van der Waals surface area (Å²) in [4.78, 5) is 8.16. The SMILES string of the molecule is Cc1nc(Nc2ccccc2F)cc(Nc2ccc(F)c(F)c2F)n1. The van der Waals surface area contributed by atoms with E-state index in [-0.39, 0.29) is 23.0 Å². The zero-order chi connectivity index (χ0) is 18.0. The van der Waals surface area contributed by atoms with Gasteiger partial charge in [0.05, 0.1) is 11.4 Å². The number of nitrogens with zero attached hydrogens (tertiary/aromatic N) is 2. The third-order valence-corrected chi connectivity index (χ3v) is 3.27. The first kappa shape index (κ1) is 16.7. The minimum Gasteiger partial charge on any atom is -0.338 e. The summed E-state index contributed by atoms with van der Waals surface area (Å²) < 4.78 is 53.8. The number of aryl methyl sites for hydroxylation is 1. The van der Waals surface area contributed by atoms with Gasteiger partial charge in [-0.1, -0.05) is 12.1 Å². The largest absolute Gasteiger partial charge is 0.338 e. The molecule has 0 bridgehead atoms. The van der Waals surface area contributed by atoms with Gasteiger partial charge in [-0.25, -0.2) is 27.5 Å². The third kappa shape index (κ3) is 3.68. The second-order valence-electron chi connectivity index (χ2n) is 5.14. The van der Waals surface area contributed by atoms with Crippen molar-refractivity contribution in [3.05, 3.63) is 71.6 Å². The Bertz CT molecular complexity index is 931. The molecule has 1 heterocycles. The molecule has 0 aliphatic heterocycles. The molecule has 3 aromatic rings. The molecule has 0 aliphatic carbocycles. The molecule has 0 unspecified atom stereocenters. The number of aromatic nitrogens is 2. The van der Waals surface area contributed by atoms with Crippen molar-refractivity contribution in [1.82, 2.24) is 9.97 Å². The smallest absolute Gasteiger partial charge is 0.196 e. The van der Waals surface area contributed by atoms with Crippen LogP contribution in [0.3, 0.4) is 0 Å². The summed E-state index contributed by atoms with van der Waals surface area (Å²) in [5.41, 5.74) is -0.0839. The lowest BCUT2D eigenvalue weighted by molar-refractivity contribution is 0.449. The first-order valence-corrected chi connectivity index (χ1v) is 7.22. The first-order valence-electron chi connectivity index (χ1n) is 7.22. The summed E-state index contributed by atoms with van der Waals surface area (Å²) in [6, 6.07) is 9.24. The topological polar surface area (TPSA) is 49.8 Å². The van der Waals surface area contributed by atoms with Crippen LogP contribution in [0, 0.1) is 30.2 Å². The van der Waals surface area contributed by atoms with Gasteiger partial charge >= 0.3 is 0 Å². The molecule has 0 amide bonds. The van der Waals surface area contributed by atoms with Gasteiger partial charge in [0.1, 0.15) is 23.3 Å². The molecule has 2 aromatic carbocycles. The molecule has 0 spiro atoms. The van der Waals surface area contributed by atoms with Crippen LogP contribution < -0.4 is 10.6 Å². The van der Waals surface area contributed by atoms with Crippen LogP contribution in [0.4, 0.5) is 40.6 Å². The van der Waals surface area contributed by atoms with E-state index in [1.54, 1.807) is 19.1 Å². The van der Waals surface area contributed by atoms with Crippen molar-refractivity contribution < 1.29 is 17.6 Å². The molecule has 25 heavy (non-hydrogen) atoms. The van der Waals surface area contributed by atoms with Gasteiger partial charge in [-0.15, -0.1) is 0 Å². The molecule has 0 saturated heterocycles. The molecule has 2 N–H and O–H groups in total. The molecule has 3 rings (SSSR count). The fourth-order valence-corrected chi connectivity index (χ4v) is 2.16. The maximum absolute atomic E-state index is 13.8. The Hall–Kier alpha value is -3.16. The van der Waals surface area contributed by atoms with Crippen LogP contribution in [-0.4, -0.2) is 9.97 Å². The summed E-state index contributed by atoms with van der Waals surface area (Å²) in [7, 11) is 0. The molecule has 0 fully saturated rings. The van der Waals surface area contributed by atoms with Crippen LogP contribution in [0.1, 0.15) is 5.82 Å². The van der Waals surface area contributed by atoms with E-state index in [1.807, 2.05) is 0 Å². The Morgan fingerprint density at radius 2 is 1.36 bits per heavy atom. The average molecular weight is 348 g/mol.